The van der Waals surface area contributed by atoms with Crippen molar-refractivity contribution in [2.45, 2.75) is 39.3 Å². The number of nitrogens with one attached hydrogen (secondary N) is 1. The fraction of sp³-hybridized carbons (Fsp3) is 0.412. The molecule has 1 heterocycles. The van der Waals surface area contributed by atoms with Crippen LogP contribution in [0.3, 0.4) is 0 Å². The molecule has 2 N–H and O–H groups in total. The van der Waals surface area contributed by atoms with Crippen molar-refractivity contribution in [3.63, 3.8) is 0 Å². The molecule has 0 aliphatic heterocycles. The number of aliphatic carboxylic acids is 1. The third-order valence-electron chi connectivity index (χ3n) is 3.94. The van der Waals surface area contributed by atoms with Gasteiger partial charge in [-0.15, -0.1) is 0 Å². The first-order chi connectivity index (χ1) is 11.8. The number of benzene rings is 1. The molecule has 2 aromatic rings. The van der Waals surface area contributed by atoms with Crippen LogP contribution >= 0.6 is 0 Å². The summed E-state index contributed by atoms with van der Waals surface area (Å²) in [6.07, 6.45) is -0.150. The van der Waals surface area contributed by atoms with Crippen molar-refractivity contribution in [3.8, 4) is 0 Å². The number of hydrogen-bond donors (Lipinski definition) is 2. The first kappa shape index (κ1) is 18.4. The highest BCUT2D eigenvalue weighted by Gasteiger charge is 2.18. The maximum absolute atomic E-state index is 12.4. The lowest BCUT2D eigenvalue weighted by atomic mass is 10.2. The van der Waals surface area contributed by atoms with Crippen molar-refractivity contribution in [1.82, 2.24) is 14.7 Å². The second-order valence-electron chi connectivity index (χ2n) is 6.02. The Bertz CT molecular complexity index is 897. The van der Waals surface area contributed by atoms with E-state index in [1.54, 1.807) is 38.1 Å². The van der Waals surface area contributed by atoms with Crippen molar-refractivity contribution in [1.29, 1.82) is 0 Å². The molecule has 0 saturated carbocycles. The van der Waals surface area contributed by atoms with Crippen LogP contribution in [-0.2, 0) is 16.1 Å². The molecule has 1 aromatic carbocycles. The fourth-order valence-corrected chi connectivity index (χ4v) is 2.64. The highest BCUT2D eigenvalue weighted by Crippen LogP contribution is 2.06. The van der Waals surface area contributed by atoms with Gasteiger partial charge in [0, 0.05) is 19.0 Å². The van der Waals surface area contributed by atoms with Crippen LogP contribution in [0.4, 0.5) is 0 Å². The smallest absolute Gasteiger partial charge is 0.305 e. The Morgan fingerprint density at radius 3 is 2.40 bits per heavy atom. The number of nitrogens with zero attached hydrogens (tertiary/aromatic N) is 2. The third-order valence-corrected chi connectivity index (χ3v) is 3.94. The quantitative estimate of drug-likeness (QED) is 0.769. The van der Waals surface area contributed by atoms with Gasteiger partial charge in [-0.3, -0.25) is 24.3 Å². The van der Waals surface area contributed by atoms with E-state index in [1.165, 1.54) is 4.90 Å². The van der Waals surface area contributed by atoms with E-state index in [9.17, 15) is 19.2 Å². The molecule has 0 atom stereocenters. The van der Waals surface area contributed by atoms with Gasteiger partial charge in [-0.05, 0) is 26.0 Å². The number of amides is 1. The van der Waals surface area contributed by atoms with E-state index >= 15 is 0 Å². The Hall–Kier alpha value is -2.90. The molecular weight excluding hydrogens is 326 g/mol. The van der Waals surface area contributed by atoms with Crippen LogP contribution in [0.1, 0.15) is 26.7 Å². The van der Waals surface area contributed by atoms with Gasteiger partial charge in [0.25, 0.3) is 11.1 Å². The van der Waals surface area contributed by atoms with E-state index in [1.807, 2.05) is 0 Å². The molecule has 0 aliphatic rings. The van der Waals surface area contributed by atoms with Gasteiger partial charge in [-0.1, -0.05) is 12.1 Å². The van der Waals surface area contributed by atoms with Gasteiger partial charge in [-0.25, -0.2) is 4.68 Å². The average Bonchev–Trinajstić information content (AvgIpc) is 2.56. The number of carbonyl (C=O) groups is 2. The van der Waals surface area contributed by atoms with Crippen molar-refractivity contribution in [2.24, 2.45) is 0 Å². The van der Waals surface area contributed by atoms with E-state index in [0.717, 1.165) is 4.68 Å². The van der Waals surface area contributed by atoms with Gasteiger partial charge in [-0.2, -0.15) is 0 Å². The fourth-order valence-electron chi connectivity index (χ4n) is 2.64. The maximum atomic E-state index is 12.4. The second-order valence-corrected chi connectivity index (χ2v) is 6.02. The number of H-pyrrole nitrogens is 1. The summed E-state index contributed by atoms with van der Waals surface area (Å²) in [6, 6.07) is 6.33. The first-order valence-electron chi connectivity index (χ1n) is 8.04. The summed E-state index contributed by atoms with van der Waals surface area (Å²) in [5, 5.41) is 11.9. The number of carboxylic acids is 1. The molecule has 0 radical (unpaired) electrons. The van der Waals surface area contributed by atoms with E-state index in [0.29, 0.717) is 10.8 Å². The molecule has 2 rings (SSSR count). The van der Waals surface area contributed by atoms with Crippen LogP contribution < -0.4 is 11.1 Å². The molecule has 0 spiro atoms. The maximum Gasteiger partial charge on any atom is 0.305 e. The average molecular weight is 347 g/mol. The summed E-state index contributed by atoms with van der Waals surface area (Å²) >= 11 is 0. The molecule has 0 fully saturated rings. The normalized spacial score (nSPS) is 11.0. The minimum Gasteiger partial charge on any atom is -0.481 e. The van der Waals surface area contributed by atoms with E-state index in [2.05, 4.69) is 5.10 Å². The minimum atomic E-state index is -0.978. The standard InChI is InChI=1S/C17H21N3O5/c1-11(2)19(9-8-15(22)23)14(21)7-10-20-17(25)13-6-4-3-5-12(13)16(24)18-20/h3-6,11H,7-10H2,1-2H3,(H,18,24)(H,22,23). The lowest BCUT2D eigenvalue weighted by Crippen LogP contribution is -2.40. The number of aromatic nitrogens is 2. The molecule has 0 saturated heterocycles. The largest absolute Gasteiger partial charge is 0.481 e. The number of aryl methyl sites for hydroxylation is 1. The third kappa shape index (κ3) is 4.34. The molecule has 1 amide bonds. The zero-order valence-electron chi connectivity index (χ0n) is 14.2. The summed E-state index contributed by atoms with van der Waals surface area (Å²) in [5.41, 5.74) is -0.765. The summed E-state index contributed by atoms with van der Waals surface area (Å²) in [5.74, 6) is -1.24. The molecule has 1 aromatic heterocycles. The monoisotopic (exact) mass is 347 g/mol. The SMILES string of the molecule is CC(C)N(CCC(=O)O)C(=O)CCn1[nH]c(=O)c2ccccc2c1=O. The molecule has 0 bridgehead atoms. The Kier molecular flexibility index (Phi) is 5.74. The Morgan fingerprint density at radius 2 is 1.80 bits per heavy atom. The summed E-state index contributed by atoms with van der Waals surface area (Å²) < 4.78 is 1.12. The van der Waals surface area contributed by atoms with Crippen LogP contribution in [0, 0.1) is 0 Å². The van der Waals surface area contributed by atoms with Crippen molar-refractivity contribution in [3.05, 3.63) is 45.0 Å². The lowest BCUT2D eigenvalue weighted by molar-refractivity contribution is -0.139. The molecule has 134 valence electrons. The summed E-state index contributed by atoms with van der Waals surface area (Å²) in [4.78, 5) is 49.0. The molecule has 8 nitrogen and oxygen atoms in total. The van der Waals surface area contributed by atoms with Crippen molar-refractivity contribution < 1.29 is 14.7 Å². The minimum absolute atomic E-state index is 0.00795. The summed E-state index contributed by atoms with van der Waals surface area (Å²) in [7, 11) is 0. The van der Waals surface area contributed by atoms with Crippen LogP contribution in [0.25, 0.3) is 10.8 Å². The number of aromatic amines is 1. The van der Waals surface area contributed by atoms with E-state index in [4.69, 9.17) is 5.11 Å². The second kappa shape index (κ2) is 7.78. The van der Waals surface area contributed by atoms with Gasteiger partial charge in [0.05, 0.1) is 23.7 Å². The number of fused-ring (bicyclic) bond motifs is 1. The zero-order valence-corrected chi connectivity index (χ0v) is 14.2. The topological polar surface area (TPSA) is 112 Å². The molecule has 8 heteroatoms. The Labute approximate surface area is 143 Å². The van der Waals surface area contributed by atoms with Crippen molar-refractivity contribution >= 4 is 22.6 Å². The number of rotatable bonds is 7. The highest BCUT2D eigenvalue weighted by molar-refractivity contribution is 5.80. The van der Waals surface area contributed by atoms with Gasteiger partial charge >= 0.3 is 5.97 Å². The summed E-state index contributed by atoms with van der Waals surface area (Å²) in [6.45, 7) is 3.72. The zero-order chi connectivity index (χ0) is 18.6. The predicted molar refractivity (Wildman–Crippen MR) is 92.5 cm³/mol. The van der Waals surface area contributed by atoms with Gasteiger partial charge in [0.15, 0.2) is 0 Å². The first-order valence-corrected chi connectivity index (χ1v) is 8.04. The van der Waals surface area contributed by atoms with Crippen LogP contribution in [-0.4, -0.2) is 44.3 Å². The molecule has 25 heavy (non-hydrogen) atoms. The Balaban J connectivity index is 2.17. The predicted octanol–water partition coefficient (Wildman–Crippen LogP) is 0.792. The van der Waals surface area contributed by atoms with Gasteiger partial charge in [0.1, 0.15) is 0 Å². The Morgan fingerprint density at radius 1 is 1.16 bits per heavy atom. The van der Waals surface area contributed by atoms with Gasteiger partial charge < -0.3 is 10.0 Å². The molecule has 0 unspecified atom stereocenters. The lowest BCUT2D eigenvalue weighted by Gasteiger charge is -2.26. The van der Waals surface area contributed by atoms with E-state index in [-0.39, 0.29) is 43.4 Å². The van der Waals surface area contributed by atoms with Crippen LogP contribution in [0.5, 0.6) is 0 Å². The van der Waals surface area contributed by atoms with Crippen LogP contribution in [0.15, 0.2) is 33.9 Å². The van der Waals surface area contributed by atoms with Crippen LogP contribution in [0.2, 0.25) is 0 Å². The van der Waals surface area contributed by atoms with Gasteiger partial charge in [0.2, 0.25) is 5.91 Å². The van der Waals surface area contributed by atoms with Crippen molar-refractivity contribution in [2.75, 3.05) is 6.54 Å². The number of hydrogen-bond acceptors (Lipinski definition) is 4. The van der Waals surface area contributed by atoms with E-state index < -0.39 is 11.5 Å². The number of carboxylic acid groups (broad SMARTS) is 1. The highest BCUT2D eigenvalue weighted by atomic mass is 16.4. The molecule has 0 aliphatic carbocycles. The molecular formula is C17H21N3O5. The number of carbonyl (C=O) groups excluding carboxylic acids is 1.